The van der Waals surface area contributed by atoms with Crippen molar-refractivity contribution in [3.05, 3.63) is 130 Å². The Morgan fingerprint density at radius 1 is 1.02 bits per heavy atom. The van der Waals surface area contributed by atoms with Gasteiger partial charge in [-0.3, -0.25) is 9.36 Å². The number of benzene rings is 4. The molecule has 0 spiro atoms. The SMILES string of the molecule is C[C@H](Sc1nnc(CNc2ccc(Cl)cc2)n1-c1ccccc1)C(=O)NN=Cc1ccccc1OCc1cccc(Br)c1. The highest BCUT2D eigenvalue weighted by atomic mass is 79.9. The minimum absolute atomic E-state index is 0.266. The molecule has 4 aromatic carbocycles. The number of amides is 1. The normalized spacial score (nSPS) is 11.8. The molecular formula is C32H28BrClN6O2S. The molecule has 0 saturated heterocycles. The summed E-state index contributed by atoms with van der Waals surface area (Å²) in [5.41, 5.74) is 6.23. The van der Waals surface area contributed by atoms with Crippen LogP contribution < -0.4 is 15.5 Å². The molecule has 8 nitrogen and oxygen atoms in total. The largest absolute Gasteiger partial charge is 0.488 e. The maximum atomic E-state index is 13.0. The Hall–Kier alpha value is -4.12. The van der Waals surface area contributed by atoms with E-state index in [0.29, 0.717) is 34.9 Å². The third-order valence-corrected chi connectivity index (χ3v) is 8.03. The number of para-hydroxylation sites is 2. The fraction of sp³-hybridized carbons (Fsp3) is 0.125. The van der Waals surface area contributed by atoms with Gasteiger partial charge < -0.3 is 10.1 Å². The first-order valence-corrected chi connectivity index (χ1v) is 15.5. The molecule has 0 bridgehead atoms. The van der Waals surface area contributed by atoms with Crippen LogP contribution in [-0.2, 0) is 17.9 Å². The number of rotatable bonds is 12. The summed E-state index contributed by atoms with van der Waals surface area (Å²) in [6, 6.07) is 32.7. The zero-order valence-electron chi connectivity index (χ0n) is 23.2. The average Bonchev–Trinajstić information content (AvgIpc) is 3.42. The number of carbonyl (C=O) groups excluding carboxylic acids is 1. The molecule has 0 aliphatic rings. The van der Waals surface area contributed by atoms with E-state index in [1.165, 1.54) is 11.8 Å². The number of thioether (sulfide) groups is 1. The third kappa shape index (κ3) is 8.47. The highest BCUT2D eigenvalue weighted by Gasteiger charge is 2.21. The molecule has 0 radical (unpaired) electrons. The van der Waals surface area contributed by atoms with Crippen molar-refractivity contribution in [2.75, 3.05) is 5.32 Å². The van der Waals surface area contributed by atoms with Crippen LogP contribution in [0, 0.1) is 0 Å². The Morgan fingerprint density at radius 2 is 1.79 bits per heavy atom. The number of carbonyl (C=O) groups is 1. The van der Waals surface area contributed by atoms with E-state index in [4.69, 9.17) is 16.3 Å². The van der Waals surface area contributed by atoms with Crippen molar-refractivity contribution >= 4 is 57.1 Å². The van der Waals surface area contributed by atoms with E-state index in [1.54, 1.807) is 13.1 Å². The van der Waals surface area contributed by atoms with Gasteiger partial charge in [0.1, 0.15) is 12.4 Å². The Kier molecular flexibility index (Phi) is 10.5. The summed E-state index contributed by atoms with van der Waals surface area (Å²) in [4.78, 5) is 13.0. The number of ether oxygens (including phenoxy) is 1. The second-order valence-corrected chi connectivity index (χ2v) is 12.0. The Balaban J connectivity index is 1.23. The van der Waals surface area contributed by atoms with Crippen molar-refractivity contribution in [1.29, 1.82) is 0 Å². The molecule has 11 heteroatoms. The molecule has 1 atom stereocenters. The lowest BCUT2D eigenvalue weighted by Gasteiger charge is -2.13. The Labute approximate surface area is 267 Å². The molecule has 1 amide bonds. The fourth-order valence-electron chi connectivity index (χ4n) is 4.05. The predicted octanol–water partition coefficient (Wildman–Crippen LogP) is 7.51. The first-order valence-electron chi connectivity index (χ1n) is 13.4. The minimum Gasteiger partial charge on any atom is -0.488 e. The molecule has 0 fully saturated rings. The molecule has 43 heavy (non-hydrogen) atoms. The zero-order chi connectivity index (χ0) is 30.0. The van der Waals surface area contributed by atoms with Crippen molar-refractivity contribution in [3.63, 3.8) is 0 Å². The van der Waals surface area contributed by atoms with Gasteiger partial charge in [-0.15, -0.1) is 10.2 Å². The highest BCUT2D eigenvalue weighted by Crippen LogP contribution is 2.27. The Bertz CT molecular complexity index is 1700. The van der Waals surface area contributed by atoms with Gasteiger partial charge in [0.25, 0.3) is 5.91 Å². The van der Waals surface area contributed by atoms with Gasteiger partial charge in [0.05, 0.1) is 18.0 Å². The van der Waals surface area contributed by atoms with Crippen molar-refractivity contribution in [3.8, 4) is 11.4 Å². The number of hydrogen-bond donors (Lipinski definition) is 2. The second kappa shape index (κ2) is 14.9. The number of anilines is 1. The van der Waals surface area contributed by atoms with Gasteiger partial charge in [-0.25, -0.2) is 5.43 Å². The summed E-state index contributed by atoms with van der Waals surface area (Å²) in [7, 11) is 0. The molecule has 0 aliphatic heterocycles. The van der Waals surface area contributed by atoms with Crippen LogP contribution in [0.1, 0.15) is 23.9 Å². The van der Waals surface area contributed by atoms with E-state index in [1.807, 2.05) is 108 Å². The summed E-state index contributed by atoms with van der Waals surface area (Å²) >= 11 is 10.8. The summed E-state index contributed by atoms with van der Waals surface area (Å²) in [5.74, 6) is 1.10. The monoisotopic (exact) mass is 674 g/mol. The number of aromatic nitrogens is 3. The van der Waals surface area contributed by atoms with Crippen LogP contribution in [0.3, 0.4) is 0 Å². The summed E-state index contributed by atoms with van der Waals surface area (Å²) in [6.45, 7) is 2.64. The quantitative estimate of drug-likeness (QED) is 0.0808. The van der Waals surface area contributed by atoms with Crippen LogP contribution >= 0.6 is 39.3 Å². The molecule has 2 N–H and O–H groups in total. The van der Waals surface area contributed by atoms with Gasteiger partial charge in [-0.2, -0.15) is 5.10 Å². The van der Waals surface area contributed by atoms with Crippen molar-refractivity contribution in [1.82, 2.24) is 20.2 Å². The van der Waals surface area contributed by atoms with Gasteiger partial charge in [0, 0.05) is 26.4 Å². The molecule has 5 aromatic rings. The van der Waals surface area contributed by atoms with Gasteiger partial charge in [0.15, 0.2) is 11.0 Å². The predicted molar refractivity (Wildman–Crippen MR) is 176 cm³/mol. The van der Waals surface area contributed by atoms with E-state index in [-0.39, 0.29) is 5.91 Å². The summed E-state index contributed by atoms with van der Waals surface area (Å²) in [5, 5.41) is 17.2. The standard InChI is InChI=1S/C32H28BrClN6O2S/c1-22(31(41)38-36-19-24-9-5-6-13-29(24)42-21-23-8-7-10-25(33)18-23)43-32-39-37-30(40(32)28-11-3-2-4-12-28)20-35-27-16-14-26(34)15-17-27/h2-19,22,35H,20-21H2,1H3,(H,38,41)/t22-/m0/s1. The van der Waals surface area contributed by atoms with E-state index < -0.39 is 5.25 Å². The molecule has 0 unspecified atom stereocenters. The first kappa shape index (κ1) is 30.3. The number of hydrogen-bond acceptors (Lipinski definition) is 7. The average molecular weight is 676 g/mol. The Morgan fingerprint density at radius 3 is 2.58 bits per heavy atom. The molecule has 5 rings (SSSR count). The van der Waals surface area contributed by atoms with Crippen LogP contribution in [-0.4, -0.2) is 32.1 Å². The maximum Gasteiger partial charge on any atom is 0.253 e. The number of nitrogens with zero attached hydrogens (tertiary/aromatic N) is 4. The smallest absolute Gasteiger partial charge is 0.253 e. The lowest BCUT2D eigenvalue weighted by Crippen LogP contribution is -2.27. The van der Waals surface area contributed by atoms with E-state index in [2.05, 4.69) is 42.0 Å². The number of halogens is 2. The topological polar surface area (TPSA) is 93.4 Å². The fourth-order valence-corrected chi connectivity index (χ4v) is 5.50. The van der Waals surface area contributed by atoms with Gasteiger partial charge in [0.2, 0.25) is 0 Å². The van der Waals surface area contributed by atoms with Gasteiger partial charge in [-0.1, -0.05) is 81.8 Å². The lowest BCUT2D eigenvalue weighted by molar-refractivity contribution is -0.120. The third-order valence-electron chi connectivity index (χ3n) is 6.24. The van der Waals surface area contributed by atoms with Gasteiger partial charge in [-0.05, 0) is 73.2 Å². The number of nitrogens with one attached hydrogen (secondary N) is 2. The zero-order valence-corrected chi connectivity index (χ0v) is 26.3. The van der Waals surface area contributed by atoms with E-state index >= 15 is 0 Å². The molecule has 0 aliphatic carbocycles. The van der Waals surface area contributed by atoms with Crippen LogP contribution in [0.2, 0.25) is 5.02 Å². The van der Waals surface area contributed by atoms with E-state index in [9.17, 15) is 4.79 Å². The van der Waals surface area contributed by atoms with Crippen molar-refractivity contribution in [2.24, 2.45) is 5.10 Å². The maximum absolute atomic E-state index is 13.0. The van der Waals surface area contributed by atoms with E-state index in [0.717, 1.165) is 27.0 Å². The lowest BCUT2D eigenvalue weighted by atomic mass is 10.2. The molecule has 1 aromatic heterocycles. The van der Waals surface area contributed by atoms with Crippen LogP contribution in [0.4, 0.5) is 5.69 Å². The van der Waals surface area contributed by atoms with Crippen LogP contribution in [0.25, 0.3) is 5.69 Å². The molecule has 1 heterocycles. The van der Waals surface area contributed by atoms with Gasteiger partial charge >= 0.3 is 0 Å². The summed E-state index contributed by atoms with van der Waals surface area (Å²) < 4.78 is 8.95. The van der Waals surface area contributed by atoms with Crippen LogP contribution in [0.5, 0.6) is 5.75 Å². The highest BCUT2D eigenvalue weighted by molar-refractivity contribution is 9.10. The summed E-state index contributed by atoms with van der Waals surface area (Å²) in [6.07, 6.45) is 1.58. The number of hydrazone groups is 1. The minimum atomic E-state index is -0.496. The second-order valence-electron chi connectivity index (χ2n) is 9.38. The van der Waals surface area contributed by atoms with Crippen molar-refractivity contribution < 1.29 is 9.53 Å². The molecule has 0 saturated carbocycles. The first-order chi connectivity index (χ1) is 21.0. The van der Waals surface area contributed by atoms with Crippen molar-refractivity contribution in [2.45, 2.75) is 30.5 Å². The molecule has 218 valence electrons. The molecular weight excluding hydrogens is 648 g/mol. The van der Waals surface area contributed by atoms with Crippen LogP contribution in [0.15, 0.2) is 118 Å².